The molecule has 3 rings (SSSR count). The van der Waals surface area contributed by atoms with Crippen molar-refractivity contribution >= 4 is 28.9 Å². The molecule has 0 aliphatic heterocycles. The van der Waals surface area contributed by atoms with Gasteiger partial charge in [0.2, 0.25) is 0 Å². The van der Waals surface area contributed by atoms with E-state index in [1.807, 2.05) is 13.0 Å². The number of rotatable bonds is 7. The zero-order valence-electron chi connectivity index (χ0n) is 18.0. The molecule has 2 aromatic carbocycles. The van der Waals surface area contributed by atoms with E-state index in [0.29, 0.717) is 17.3 Å². The Morgan fingerprint density at radius 3 is 2.25 bits per heavy atom. The molecule has 1 amide bonds. The molecule has 0 unspecified atom stereocenters. The smallest absolute Gasteiger partial charge is 0.357 e. The van der Waals surface area contributed by atoms with Crippen LogP contribution >= 0.6 is 0 Å². The van der Waals surface area contributed by atoms with Crippen LogP contribution in [-0.2, 0) is 6.18 Å². The third kappa shape index (κ3) is 5.75. The highest BCUT2D eigenvalue weighted by molar-refractivity contribution is 6.04. The molecule has 2 N–H and O–H groups in total. The Kier molecular flexibility index (Phi) is 6.97. The van der Waals surface area contributed by atoms with E-state index in [2.05, 4.69) is 39.3 Å². The Hall–Kier alpha value is -3.62. The molecule has 6 nitrogen and oxygen atoms in total. The minimum Gasteiger partial charge on any atom is -0.357 e. The highest BCUT2D eigenvalue weighted by atomic mass is 19.4. The maximum atomic E-state index is 12.9. The molecule has 1 heterocycles. The number of hydrogen-bond acceptors (Lipinski definition) is 5. The van der Waals surface area contributed by atoms with Crippen molar-refractivity contribution in [2.45, 2.75) is 26.9 Å². The number of nitrogens with zero attached hydrogens (tertiary/aromatic N) is 3. The van der Waals surface area contributed by atoms with Gasteiger partial charge in [0.25, 0.3) is 5.91 Å². The fraction of sp³-hybridized carbons (Fsp3) is 0.261. The van der Waals surface area contributed by atoms with Crippen molar-refractivity contribution in [2.24, 2.45) is 0 Å². The highest BCUT2D eigenvalue weighted by Crippen LogP contribution is 2.29. The van der Waals surface area contributed by atoms with Crippen molar-refractivity contribution in [3.05, 3.63) is 71.5 Å². The van der Waals surface area contributed by atoms with E-state index in [9.17, 15) is 18.0 Å². The van der Waals surface area contributed by atoms with Crippen LogP contribution in [0.4, 0.5) is 36.2 Å². The fourth-order valence-electron chi connectivity index (χ4n) is 3.15. The van der Waals surface area contributed by atoms with Crippen LogP contribution in [0, 0.1) is 6.92 Å². The zero-order valence-corrected chi connectivity index (χ0v) is 18.0. The number of amides is 1. The van der Waals surface area contributed by atoms with Gasteiger partial charge < -0.3 is 15.5 Å². The quantitative estimate of drug-likeness (QED) is 0.494. The number of carbonyl (C=O) groups is 1. The Balaban J connectivity index is 1.70. The molecular weight excluding hydrogens is 419 g/mol. The van der Waals surface area contributed by atoms with Crippen LogP contribution in [0.25, 0.3) is 0 Å². The van der Waals surface area contributed by atoms with E-state index in [0.717, 1.165) is 36.7 Å². The highest BCUT2D eigenvalue weighted by Gasteiger charge is 2.30. The van der Waals surface area contributed by atoms with Gasteiger partial charge >= 0.3 is 6.18 Å². The second-order valence-electron chi connectivity index (χ2n) is 7.07. The molecule has 0 radical (unpaired) electrons. The van der Waals surface area contributed by atoms with E-state index >= 15 is 0 Å². The third-order valence-electron chi connectivity index (χ3n) is 4.78. The SMILES string of the molecule is CCN(CC)c1cc(Nc2ccc(NC(=O)c3cccc(C(F)(F)F)c3)cc2)nc(C)n1. The van der Waals surface area contributed by atoms with Gasteiger partial charge in [-0.3, -0.25) is 4.79 Å². The topological polar surface area (TPSA) is 70.2 Å². The van der Waals surface area contributed by atoms with E-state index in [-0.39, 0.29) is 5.56 Å². The fourth-order valence-corrected chi connectivity index (χ4v) is 3.15. The van der Waals surface area contributed by atoms with Crippen LogP contribution in [0.15, 0.2) is 54.6 Å². The van der Waals surface area contributed by atoms with Crippen molar-refractivity contribution in [2.75, 3.05) is 28.6 Å². The first kappa shape index (κ1) is 23.1. The summed E-state index contributed by atoms with van der Waals surface area (Å²) >= 11 is 0. The molecule has 0 saturated heterocycles. The summed E-state index contributed by atoms with van der Waals surface area (Å²) in [6.07, 6.45) is -4.51. The number of carbonyl (C=O) groups excluding carboxylic acids is 1. The van der Waals surface area contributed by atoms with Gasteiger partial charge in [0.05, 0.1) is 5.56 Å². The molecular formula is C23H24F3N5O. The van der Waals surface area contributed by atoms with Gasteiger partial charge in [-0.2, -0.15) is 13.2 Å². The maximum Gasteiger partial charge on any atom is 0.416 e. The van der Waals surface area contributed by atoms with Crippen LogP contribution in [0.3, 0.4) is 0 Å². The standard InChI is InChI=1S/C23H24F3N5O/c1-4-31(5-2)21-14-20(27-15(3)28-21)29-18-9-11-19(12-10-18)30-22(32)16-7-6-8-17(13-16)23(24,25)26/h6-14H,4-5H2,1-3H3,(H,30,32)(H,27,28,29). The molecule has 0 fully saturated rings. The number of aromatic nitrogens is 2. The van der Waals surface area contributed by atoms with E-state index < -0.39 is 17.6 Å². The van der Waals surface area contributed by atoms with Crippen LogP contribution in [0.2, 0.25) is 0 Å². The number of alkyl halides is 3. The number of benzene rings is 2. The third-order valence-corrected chi connectivity index (χ3v) is 4.78. The zero-order chi connectivity index (χ0) is 23.3. The minimum atomic E-state index is -4.51. The lowest BCUT2D eigenvalue weighted by Gasteiger charge is -2.20. The number of aryl methyl sites for hydroxylation is 1. The molecule has 0 spiro atoms. The molecule has 32 heavy (non-hydrogen) atoms. The van der Waals surface area contributed by atoms with Crippen LogP contribution < -0.4 is 15.5 Å². The molecule has 0 bridgehead atoms. The summed E-state index contributed by atoms with van der Waals surface area (Å²) < 4.78 is 38.6. The Morgan fingerprint density at radius 2 is 1.62 bits per heavy atom. The van der Waals surface area contributed by atoms with Gasteiger partial charge in [-0.25, -0.2) is 9.97 Å². The average Bonchev–Trinajstić information content (AvgIpc) is 2.75. The molecule has 0 saturated carbocycles. The summed E-state index contributed by atoms with van der Waals surface area (Å²) in [5, 5.41) is 5.82. The van der Waals surface area contributed by atoms with Gasteiger partial charge in [-0.05, 0) is 63.2 Å². The first-order valence-electron chi connectivity index (χ1n) is 10.2. The Morgan fingerprint density at radius 1 is 0.969 bits per heavy atom. The van der Waals surface area contributed by atoms with Crippen LogP contribution in [0.5, 0.6) is 0 Å². The second-order valence-corrected chi connectivity index (χ2v) is 7.07. The Bertz CT molecular complexity index is 1080. The van der Waals surface area contributed by atoms with Crippen molar-refractivity contribution in [1.82, 2.24) is 9.97 Å². The van der Waals surface area contributed by atoms with E-state index in [4.69, 9.17) is 0 Å². The van der Waals surface area contributed by atoms with Crippen molar-refractivity contribution in [1.29, 1.82) is 0 Å². The lowest BCUT2D eigenvalue weighted by molar-refractivity contribution is -0.137. The summed E-state index contributed by atoms with van der Waals surface area (Å²) in [6.45, 7) is 7.59. The number of hydrogen-bond donors (Lipinski definition) is 2. The van der Waals surface area contributed by atoms with Gasteiger partial charge in [-0.1, -0.05) is 6.07 Å². The van der Waals surface area contributed by atoms with Gasteiger partial charge in [0.1, 0.15) is 17.5 Å². The normalized spacial score (nSPS) is 11.2. The minimum absolute atomic E-state index is 0.0672. The summed E-state index contributed by atoms with van der Waals surface area (Å²) in [5.41, 5.74) is 0.266. The number of halogens is 3. The maximum absolute atomic E-state index is 12.9. The predicted octanol–water partition coefficient (Wildman–Crippen LogP) is 5.65. The first-order valence-corrected chi connectivity index (χ1v) is 10.2. The summed E-state index contributed by atoms with van der Waals surface area (Å²) in [4.78, 5) is 23.3. The molecule has 0 aliphatic carbocycles. The first-order chi connectivity index (χ1) is 15.2. The van der Waals surface area contributed by atoms with Gasteiger partial charge in [0.15, 0.2) is 0 Å². The molecule has 168 valence electrons. The second kappa shape index (κ2) is 9.67. The molecule has 3 aromatic rings. The van der Waals surface area contributed by atoms with Crippen LogP contribution in [0.1, 0.15) is 35.6 Å². The number of anilines is 4. The summed E-state index contributed by atoms with van der Waals surface area (Å²) in [7, 11) is 0. The van der Waals surface area contributed by atoms with Crippen molar-refractivity contribution in [3.8, 4) is 0 Å². The molecule has 0 aliphatic rings. The molecule has 9 heteroatoms. The van der Waals surface area contributed by atoms with Gasteiger partial charge in [-0.15, -0.1) is 0 Å². The summed E-state index contributed by atoms with van der Waals surface area (Å²) in [6, 6.07) is 13.0. The predicted molar refractivity (Wildman–Crippen MR) is 119 cm³/mol. The Labute approximate surface area is 184 Å². The molecule has 0 atom stereocenters. The monoisotopic (exact) mass is 443 g/mol. The average molecular weight is 443 g/mol. The van der Waals surface area contributed by atoms with E-state index in [1.165, 1.54) is 12.1 Å². The largest absolute Gasteiger partial charge is 0.416 e. The van der Waals surface area contributed by atoms with Crippen LogP contribution in [-0.4, -0.2) is 29.0 Å². The lowest BCUT2D eigenvalue weighted by Crippen LogP contribution is -2.23. The summed E-state index contributed by atoms with van der Waals surface area (Å²) in [5.74, 6) is 1.49. The van der Waals surface area contributed by atoms with Gasteiger partial charge in [0, 0.05) is 36.1 Å². The lowest BCUT2D eigenvalue weighted by atomic mass is 10.1. The van der Waals surface area contributed by atoms with Crippen molar-refractivity contribution < 1.29 is 18.0 Å². The molecule has 1 aromatic heterocycles. The van der Waals surface area contributed by atoms with Crippen molar-refractivity contribution in [3.63, 3.8) is 0 Å². The van der Waals surface area contributed by atoms with E-state index in [1.54, 1.807) is 24.3 Å². The number of nitrogens with one attached hydrogen (secondary N) is 2.